The van der Waals surface area contributed by atoms with Crippen molar-refractivity contribution in [3.8, 4) is 0 Å². The first-order chi connectivity index (χ1) is 11.0. The molecule has 2 amide bonds. The van der Waals surface area contributed by atoms with Crippen LogP contribution < -0.4 is 0 Å². The average molecular weight is 335 g/mol. The number of carbonyl (C=O) groups is 2. The Labute approximate surface area is 139 Å². The van der Waals surface area contributed by atoms with Crippen LogP contribution in [-0.2, 0) is 16.0 Å². The van der Waals surface area contributed by atoms with E-state index in [4.69, 9.17) is 11.6 Å². The maximum absolute atomic E-state index is 12.2. The van der Waals surface area contributed by atoms with Gasteiger partial charge in [-0.3, -0.25) is 9.59 Å². The molecule has 2 aromatic rings. The van der Waals surface area contributed by atoms with Crippen LogP contribution in [0, 0.1) is 0 Å². The van der Waals surface area contributed by atoms with Crippen molar-refractivity contribution in [3.63, 3.8) is 0 Å². The van der Waals surface area contributed by atoms with Crippen LogP contribution in [-0.4, -0.2) is 58.3 Å². The van der Waals surface area contributed by atoms with Gasteiger partial charge in [-0.1, -0.05) is 11.6 Å². The summed E-state index contributed by atoms with van der Waals surface area (Å²) in [5.41, 5.74) is 1.75. The van der Waals surface area contributed by atoms with Gasteiger partial charge in [0.15, 0.2) is 0 Å². The van der Waals surface area contributed by atoms with Gasteiger partial charge in [-0.05, 0) is 24.6 Å². The summed E-state index contributed by atoms with van der Waals surface area (Å²) < 4.78 is 0. The summed E-state index contributed by atoms with van der Waals surface area (Å²) in [7, 11) is 1.75. The zero-order valence-electron chi connectivity index (χ0n) is 13.0. The lowest BCUT2D eigenvalue weighted by atomic mass is 10.3. The van der Waals surface area contributed by atoms with Crippen molar-refractivity contribution in [1.82, 2.24) is 19.8 Å². The standard InChI is InChI=1S/C16H19ClN4O2/c1-20(16(23)10-21-7-2-3-15(21)22)8-6-14-18-12-5-4-11(17)9-13(12)19-14/h4-5,9H,2-3,6-8,10H2,1H3,(H,18,19). The van der Waals surface area contributed by atoms with Crippen molar-refractivity contribution < 1.29 is 9.59 Å². The second kappa shape index (κ2) is 6.58. The van der Waals surface area contributed by atoms with Gasteiger partial charge in [0, 0.05) is 38.0 Å². The zero-order chi connectivity index (χ0) is 16.4. The summed E-state index contributed by atoms with van der Waals surface area (Å²) in [5.74, 6) is 0.847. The molecular formula is C16H19ClN4O2. The van der Waals surface area contributed by atoms with Gasteiger partial charge in [0.1, 0.15) is 5.82 Å². The van der Waals surface area contributed by atoms with E-state index < -0.39 is 0 Å². The smallest absolute Gasteiger partial charge is 0.241 e. The first-order valence-corrected chi connectivity index (χ1v) is 8.06. The minimum atomic E-state index is -0.0422. The molecule has 1 aromatic heterocycles. The molecule has 6 nitrogen and oxygen atoms in total. The van der Waals surface area contributed by atoms with Crippen LogP contribution in [0.2, 0.25) is 5.02 Å². The summed E-state index contributed by atoms with van der Waals surface area (Å²) in [6, 6.07) is 5.50. The summed E-state index contributed by atoms with van der Waals surface area (Å²) in [6.45, 7) is 1.40. The van der Waals surface area contributed by atoms with Crippen molar-refractivity contribution in [3.05, 3.63) is 29.0 Å². The number of benzene rings is 1. The minimum Gasteiger partial charge on any atom is -0.344 e. The second-order valence-corrected chi connectivity index (χ2v) is 6.27. The van der Waals surface area contributed by atoms with E-state index in [-0.39, 0.29) is 18.4 Å². The van der Waals surface area contributed by atoms with E-state index in [0.717, 1.165) is 23.3 Å². The van der Waals surface area contributed by atoms with Gasteiger partial charge >= 0.3 is 0 Å². The molecule has 0 atom stereocenters. The maximum atomic E-state index is 12.2. The van der Waals surface area contributed by atoms with Crippen LogP contribution in [0.25, 0.3) is 11.0 Å². The third-order valence-corrected chi connectivity index (χ3v) is 4.34. The molecule has 1 N–H and O–H groups in total. The van der Waals surface area contributed by atoms with Gasteiger partial charge in [0.05, 0.1) is 17.6 Å². The maximum Gasteiger partial charge on any atom is 0.241 e. The number of H-pyrrole nitrogens is 1. The van der Waals surface area contributed by atoms with E-state index in [1.807, 2.05) is 12.1 Å². The lowest BCUT2D eigenvalue weighted by Crippen LogP contribution is -2.39. The van der Waals surface area contributed by atoms with Gasteiger partial charge in [-0.25, -0.2) is 4.98 Å². The molecule has 7 heteroatoms. The van der Waals surface area contributed by atoms with E-state index >= 15 is 0 Å². The highest BCUT2D eigenvalue weighted by Gasteiger charge is 2.23. The Hall–Kier alpha value is -2.08. The van der Waals surface area contributed by atoms with Crippen molar-refractivity contribution in [2.24, 2.45) is 0 Å². The molecule has 0 spiro atoms. The second-order valence-electron chi connectivity index (χ2n) is 5.83. The van der Waals surface area contributed by atoms with E-state index in [1.54, 1.807) is 22.9 Å². The number of fused-ring (bicyclic) bond motifs is 1. The highest BCUT2D eigenvalue weighted by atomic mass is 35.5. The normalized spacial score (nSPS) is 14.7. The molecule has 0 radical (unpaired) electrons. The lowest BCUT2D eigenvalue weighted by molar-refractivity contribution is -0.137. The number of imidazole rings is 1. The Morgan fingerprint density at radius 3 is 3.04 bits per heavy atom. The van der Waals surface area contributed by atoms with E-state index in [9.17, 15) is 9.59 Å². The van der Waals surface area contributed by atoms with Crippen LogP contribution in [0.4, 0.5) is 0 Å². The number of amides is 2. The van der Waals surface area contributed by atoms with Crippen LogP contribution >= 0.6 is 11.6 Å². The lowest BCUT2D eigenvalue weighted by Gasteiger charge is -2.21. The van der Waals surface area contributed by atoms with E-state index in [1.165, 1.54) is 0 Å². The number of hydrogen-bond acceptors (Lipinski definition) is 3. The molecule has 0 bridgehead atoms. The first-order valence-electron chi connectivity index (χ1n) is 7.69. The zero-order valence-corrected chi connectivity index (χ0v) is 13.8. The fraction of sp³-hybridized carbons (Fsp3) is 0.438. The first kappa shape index (κ1) is 15.8. The average Bonchev–Trinajstić information content (AvgIpc) is 3.10. The SMILES string of the molecule is CN(CCc1nc2ccc(Cl)cc2[nH]1)C(=O)CN1CCCC1=O. The van der Waals surface area contributed by atoms with Crippen LogP contribution in [0.15, 0.2) is 18.2 Å². The Morgan fingerprint density at radius 2 is 2.30 bits per heavy atom. The van der Waals surface area contributed by atoms with Gasteiger partial charge in [0.25, 0.3) is 0 Å². The number of nitrogens with zero attached hydrogens (tertiary/aromatic N) is 3. The largest absolute Gasteiger partial charge is 0.344 e. The number of hydrogen-bond donors (Lipinski definition) is 1. The molecule has 1 aliphatic heterocycles. The van der Waals surface area contributed by atoms with Crippen molar-refractivity contribution in [2.45, 2.75) is 19.3 Å². The molecular weight excluding hydrogens is 316 g/mol. The number of likely N-dealkylation sites (tertiary alicyclic amines) is 1. The quantitative estimate of drug-likeness (QED) is 0.907. The number of carbonyl (C=O) groups excluding carboxylic acids is 2. The third kappa shape index (κ3) is 3.64. The van der Waals surface area contributed by atoms with Crippen LogP contribution in [0.5, 0.6) is 0 Å². The summed E-state index contributed by atoms with van der Waals surface area (Å²) in [4.78, 5) is 34.7. The topological polar surface area (TPSA) is 69.3 Å². The van der Waals surface area contributed by atoms with E-state index in [0.29, 0.717) is 31.0 Å². The summed E-state index contributed by atoms with van der Waals surface area (Å²) in [6.07, 6.45) is 2.03. The Kier molecular flexibility index (Phi) is 4.52. The van der Waals surface area contributed by atoms with Gasteiger partial charge < -0.3 is 14.8 Å². The Balaban J connectivity index is 1.55. The molecule has 1 saturated heterocycles. The van der Waals surface area contributed by atoms with Crippen LogP contribution in [0.1, 0.15) is 18.7 Å². The number of aromatic nitrogens is 2. The predicted octanol–water partition coefficient (Wildman–Crippen LogP) is 1.84. The summed E-state index contributed by atoms with van der Waals surface area (Å²) >= 11 is 5.96. The number of nitrogens with one attached hydrogen (secondary N) is 1. The highest BCUT2D eigenvalue weighted by molar-refractivity contribution is 6.31. The highest BCUT2D eigenvalue weighted by Crippen LogP contribution is 2.17. The molecule has 1 aromatic carbocycles. The number of halogens is 1. The molecule has 122 valence electrons. The number of aromatic amines is 1. The molecule has 23 heavy (non-hydrogen) atoms. The number of rotatable bonds is 5. The molecule has 0 unspecified atom stereocenters. The van der Waals surface area contributed by atoms with Crippen molar-refractivity contribution >= 4 is 34.4 Å². The van der Waals surface area contributed by atoms with Crippen molar-refractivity contribution in [1.29, 1.82) is 0 Å². The fourth-order valence-corrected chi connectivity index (χ4v) is 2.88. The van der Waals surface area contributed by atoms with Crippen LogP contribution in [0.3, 0.4) is 0 Å². The fourth-order valence-electron chi connectivity index (χ4n) is 2.71. The molecule has 1 fully saturated rings. The van der Waals surface area contributed by atoms with Gasteiger partial charge in [0.2, 0.25) is 11.8 Å². The third-order valence-electron chi connectivity index (χ3n) is 4.10. The summed E-state index contributed by atoms with van der Waals surface area (Å²) in [5, 5.41) is 0.662. The molecule has 0 saturated carbocycles. The van der Waals surface area contributed by atoms with Crippen molar-refractivity contribution in [2.75, 3.05) is 26.7 Å². The molecule has 3 rings (SSSR count). The van der Waals surface area contributed by atoms with Gasteiger partial charge in [-0.2, -0.15) is 0 Å². The van der Waals surface area contributed by atoms with Gasteiger partial charge in [-0.15, -0.1) is 0 Å². The molecule has 1 aliphatic rings. The molecule has 0 aliphatic carbocycles. The monoisotopic (exact) mass is 334 g/mol. The minimum absolute atomic E-state index is 0.0422. The Bertz CT molecular complexity index is 743. The van der Waals surface area contributed by atoms with E-state index in [2.05, 4.69) is 9.97 Å². The Morgan fingerprint density at radius 1 is 1.48 bits per heavy atom. The number of likely N-dealkylation sites (N-methyl/N-ethyl adjacent to an activating group) is 1. The predicted molar refractivity (Wildman–Crippen MR) is 88.3 cm³/mol. The molecule has 2 heterocycles.